The quantitative estimate of drug-likeness (QED) is 0.648. The van der Waals surface area contributed by atoms with Crippen LogP contribution in [0.1, 0.15) is 57.4 Å². The maximum Gasteiger partial charge on any atom is 0.220 e. The molecule has 0 atom stereocenters. The topological polar surface area (TPSA) is 49.3 Å². The van der Waals surface area contributed by atoms with Crippen molar-refractivity contribution in [2.24, 2.45) is 0 Å². The van der Waals surface area contributed by atoms with Crippen LogP contribution in [0.15, 0.2) is 22.7 Å². The summed E-state index contributed by atoms with van der Waals surface area (Å²) < 4.78 is 0.653. The average molecular weight is 342 g/mol. The number of hydrogen-bond donors (Lipinski definition) is 2. The number of halogens is 1. The van der Waals surface area contributed by atoms with Crippen molar-refractivity contribution in [2.45, 2.75) is 58.4 Å². The zero-order valence-corrected chi connectivity index (χ0v) is 13.7. The van der Waals surface area contributed by atoms with Gasteiger partial charge in [-0.05, 0) is 40.0 Å². The molecule has 1 rings (SSSR count). The van der Waals surface area contributed by atoms with Crippen LogP contribution in [-0.4, -0.2) is 11.0 Å². The third kappa shape index (κ3) is 6.94. The van der Waals surface area contributed by atoms with Crippen LogP contribution >= 0.6 is 15.9 Å². The molecule has 0 saturated heterocycles. The Morgan fingerprint density at radius 2 is 1.90 bits per heavy atom. The first kappa shape index (κ1) is 17.0. The molecule has 0 aliphatic rings. The first-order chi connectivity index (χ1) is 9.63. The van der Waals surface area contributed by atoms with Gasteiger partial charge in [0.2, 0.25) is 5.91 Å². The Bertz CT molecular complexity index is 421. The minimum absolute atomic E-state index is 0.102. The molecule has 0 bridgehead atoms. The van der Waals surface area contributed by atoms with E-state index in [2.05, 4.69) is 28.2 Å². The summed E-state index contributed by atoms with van der Waals surface area (Å²) in [5.41, 5.74) is 0.978. The molecule has 0 spiro atoms. The fourth-order valence-electron chi connectivity index (χ4n) is 2.02. The van der Waals surface area contributed by atoms with Crippen LogP contribution in [0.3, 0.4) is 0 Å². The Morgan fingerprint density at radius 1 is 1.20 bits per heavy atom. The lowest BCUT2D eigenvalue weighted by atomic mass is 10.1. The van der Waals surface area contributed by atoms with Crippen LogP contribution in [0.25, 0.3) is 0 Å². The Balaban J connectivity index is 2.15. The predicted octanol–water partition coefficient (Wildman–Crippen LogP) is 4.52. The molecule has 0 radical (unpaired) electrons. The predicted molar refractivity (Wildman–Crippen MR) is 85.6 cm³/mol. The van der Waals surface area contributed by atoms with E-state index in [9.17, 15) is 9.90 Å². The van der Waals surface area contributed by atoms with Gasteiger partial charge in [0.25, 0.3) is 0 Å². The van der Waals surface area contributed by atoms with Crippen molar-refractivity contribution in [2.75, 3.05) is 0 Å². The van der Waals surface area contributed by atoms with Crippen molar-refractivity contribution in [3.8, 4) is 5.75 Å². The second-order valence-corrected chi connectivity index (χ2v) is 5.93. The molecule has 0 heterocycles. The van der Waals surface area contributed by atoms with E-state index in [1.807, 2.05) is 12.1 Å². The zero-order chi connectivity index (χ0) is 14.8. The zero-order valence-electron chi connectivity index (χ0n) is 12.1. The Hall–Kier alpha value is -1.03. The van der Waals surface area contributed by atoms with Gasteiger partial charge in [-0.15, -0.1) is 0 Å². The smallest absolute Gasteiger partial charge is 0.220 e. The fraction of sp³-hybridized carbons (Fsp3) is 0.562. The second kappa shape index (κ2) is 9.81. The summed E-state index contributed by atoms with van der Waals surface area (Å²) in [6.45, 7) is 2.71. The number of nitrogens with one attached hydrogen (secondary N) is 1. The van der Waals surface area contributed by atoms with E-state index >= 15 is 0 Å². The van der Waals surface area contributed by atoms with Gasteiger partial charge in [-0.1, -0.05) is 45.1 Å². The number of hydrogen-bond acceptors (Lipinski definition) is 2. The maximum atomic E-state index is 11.7. The third-order valence-electron chi connectivity index (χ3n) is 3.26. The van der Waals surface area contributed by atoms with E-state index in [1.54, 1.807) is 6.07 Å². The van der Waals surface area contributed by atoms with Gasteiger partial charge in [0.05, 0.1) is 4.47 Å². The molecule has 112 valence electrons. The molecule has 0 aliphatic heterocycles. The summed E-state index contributed by atoms with van der Waals surface area (Å²) in [6.07, 6.45) is 7.76. The molecule has 0 aliphatic carbocycles. The van der Waals surface area contributed by atoms with Crippen LogP contribution in [0, 0.1) is 0 Å². The highest BCUT2D eigenvalue weighted by Gasteiger charge is 2.03. The fourth-order valence-corrected chi connectivity index (χ4v) is 2.44. The highest BCUT2D eigenvalue weighted by atomic mass is 79.9. The minimum atomic E-state index is 0.102. The van der Waals surface area contributed by atoms with E-state index in [-0.39, 0.29) is 11.7 Å². The van der Waals surface area contributed by atoms with Gasteiger partial charge in [-0.2, -0.15) is 0 Å². The van der Waals surface area contributed by atoms with Gasteiger partial charge in [-0.3, -0.25) is 4.79 Å². The Kier molecular flexibility index (Phi) is 8.35. The maximum absolute atomic E-state index is 11.7. The molecule has 0 unspecified atom stereocenters. The van der Waals surface area contributed by atoms with Gasteiger partial charge in [0.15, 0.2) is 0 Å². The number of aromatic hydroxyl groups is 1. The molecule has 0 fully saturated rings. The summed E-state index contributed by atoms with van der Waals surface area (Å²) in [7, 11) is 0. The van der Waals surface area contributed by atoms with Gasteiger partial charge in [-0.25, -0.2) is 0 Å². The largest absolute Gasteiger partial charge is 0.507 e. The van der Waals surface area contributed by atoms with Crippen molar-refractivity contribution in [1.82, 2.24) is 5.32 Å². The van der Waals surface area contributed by atoms with E-state index in [0.717, 1.165) is 18.4 Å². The number of benzene rings is 1. The molecule has 1 aromatic rings. The van der Waals surface area contributed by atoms with Crippen LogP contribution < -0.4 is 5.32 Å². The lowest BCUT2D eigenvalue weighted by molar-refractivity contribution is -0.121. The van der Waals surface area contributed by atoms with E-state index in [4.69, 9.17) is 0 Å². The molecular formula is C16H24BrNO2. The highest BCUT2D eigenvalue weighted by molar-refractivity contribution is 9.10. The number of rotatable bonds is 9. The number of unbranched alkanes of at least 4 members (excludes halogenated alkanes) is 5. The summed E-state index contributed by atoms with van der Waals surface area (Å²) >= 11 is 3.26. The van der Waals surface area contributed by atoms with Crippen LogP contribution in [-0.2, 0) is 11.3 Å². The Labute approximate surface area is 129 Å². The van der Waals surface area contributed by atoms with Gasteiger partial charge in [0, 0.05) is 13.0 Å². The first-order valence-electron chi connectivity index (χ1n) is 7.37. The number of amides is 1. The number of phenols is 1. The SMILES string of the molecule is CCCCCCCCC(=O)NCc1ccc(O)c(Br)c1. The van der Waals surface area contributed by atoms with Crippen molar-refractivity contribution in [1.29, 1.82) is 0 Å². The van der Waals surface area contributed by atoms with Crippen molar-refractivity contribution >= 4 is 21.8 Å². The molecule has 20 heavy (non-hydrogen) atoms. The summed E-state index contributed by atoms with van der Waals surface area (Å²) in [5.74, 6) is 0.317. The summed E-state index contributed by atoms with van der Waals surface area (Å²) in [5, 5.41) is 12.3. The van der Waals surface area contributed by atoms with E-state index in [1.165, 1.54) is 25.7 Å². The number of phenolic OH excluding ortho intramolecular Hbond substituents is 1. The molecule has 2 N–H and O–H groups in total. The molecule has 1 amide bonds. The van der Waals surface area contributed by atoms with Gasteiger partial charge in [0.1, 0.15) is 5.75 Å². The summed E-state index contributed by atoms with van der Waals surface area (Å²) in [4.78, 5) is 11.7. The standard InChI is InChI=1S/C16H24BrNO2/c1-2-3-4-5-6-7-8-16(20)18-12-13-9-10-15(19)14(17)11-13/h9-11,19H,2-8,12H2,1H3,(H,18,20). The molecule has 1 aromatic carbocycles. The summed E-state index contributed by atoms with van der Waals surface area (Å²) in [6, 6.07) is 5.25. The van der Waals surface area contributed by atoms with Crippen LogP contribution in [0.4, 0.5) is 0 Å². The minimum Gasteiger partial charge on any atom is -0.507 e. The van der Waals surface area contributed by atoms with Crippen LogP contribution in [0.2, 0.25) is 0 Å². The number of carbonyl (C=O) groups is 1. The normalized spacial score (nSPS) is 10.5. The second-order valence-electron chi connectivity index (χ2n) is 5.08. The molecule has 0 saturated carbocycles. The van der Waals surface area contributed by atoms with Crippen molar-refractivity contribution in [3.63, 3.8) is 0 Å². The Morgan fingerprint density at radius 3 is 2.60 bits per heavy atom. The van der Waals surface area contributed by atoms with Crippen molar-refractivity contribution < 1.29 is 9.90 Å². The highest BCUT2D eigenvalue weighted by Crippen LogP contribution is 2.24. The molecule has 3 nitrogen and oxygen atoms in total. The number of carbonyl (C=O) groups excluding carboxylic acids is 1. The van der Waals surface area contributed by atoms with Crippen LogP contribution in [0.5, 0.6) is 5.75 Å². The molecule has 0 aromatic heterocycles. The van der Waals surface area contributed by atoms with Gasteiger partial charge >= 0.3 is 0 Å². The monoisotopic (exact) mass is 341 g/mol. The van der Waals surface area contributed by atoms with E-state index in [0.29, 0.717) is 17.4 Å². The van der Waals surface area contributed by atoms with Crippen molar-refractivity contribution in [3.05, 3.63) is 28.2 Å². The van der Waals surface area contributed by atoms with Gasteiger partial charge < -0.3 is 10.4 Å². The third-order valence-corrected chi connectivity index (χ3v) is 3.89. The lowest BCUT2D eigenvalue weighted by Gasteiger charge is -2.06. The van der Waals surface area contributed by atoms with E-state index < -0.39 is 0 Å². The average Bonchev–Trinajstić information content (AvgIpc) is 2.44. The lowest BCUT2D eigenvalue weighted by Crippen LogP contribution is -2.22. The first-order valence-corrected chi connectivity index (χ1v) is 8.17. The molecule has 4 heteroatoms. The molecular weight excluding hydrogens is 318 g/mol.